The van der Waals surface area contributed by atoms with Crippen molar-refractivity contribution in [2.75, 3.05) is 78.5 Å². The fourth-order valence-corrected chi connectivity index (χ4v) is 4.65. The number of likely N-dealkylation sites (tertiary alicyclic amines) is 1. The zero-order valence-electron chi connectivity index (χ0n) is 18.0. The number of halogens is 2. The van der Waals surface area contributed by atoms with Crippen molar-refractivity contribution in [2.45, 2.75) is 26.7 Å². The zero-order chi connectivity index (χ0) is 19.2. The van der Waals surface area contributed by atoms with Gasteiger partial charge in [0.15, 0.2) is 0 Å². The monoisotopic (exact) mass is 451 g/mol. The van der Waals surface area contributed by atoms with Crippen LogP contribution in [0.25, 0.3) is 0 Å². The molecule has 2 atom stereocenters. The Kier molecular flexibility index (Phi) is 11.8. The Hall–Kier alpha value is -0.600. The molecule has 0 aromatic heterocycles. The van der Waals surface area contributed by atoms with E-state index in [1.54, 1.807) is 0 Å². The summed E-state index contributed by atoms with van der Waals surface area (Å²) in [5, 5.41) is 3.28. The Morgan fingerprint density at radius 1 is 0.793 bits per heavy atom. The highest BCUT2D eigenvalue weighted by Gasteiger charge is 2.27. The van der Waals surface area contributed by atoms with E-state index in [0.29, 0.717) is 24.8 Å². The number of nitrogens with zero attached hydrogens (tertiary/aromatic N) is 4. The second-order valence-electron chi connectivity index (χ2n) is 8.74. The van der Waals surface area contributed by atoms with Gasteiger partial charge in [0, 0.05) is 78.4 Å². The van der Waals surface area contributed by atoms with Crippen LogP contribution in [0, 0.1) is 11.8 Å². The lowest BCUT2D eigenvalue weighted by Gasteiger charge is -2.38. The van der Waals surface area contributed by atoms with Gasteiger partial charge in [0.25, 0.3) is 0 Å². The Labute approximate surface area is 188 Å². The first-order valence-corrected chi connectivity index (χ1v) is 10.7. The molecular formula is C20H39Cl2N5O2. The number of hydrogen-bond donors (Lipinski definition) is 1. The summed E-state index contributed by atoms with van der Waals surface area (Å²) in [6, 6.07) is 0. The summed E-state index contributed by atoms with van der Waals surface area (Å²) < 4.78 is 0. The van der Waals surface area contributed by atoms with Gasteiger partial charge in [-0.05, 0) is 18.3 Å². The lowest BCUT2D eigenvalue weighted by molar-refractivity contribution is -0.135. The first-order valence-electron chi connectivity index (χ1n) is 10.7. The molecule has 7 nitrogen and oxygen atoms in total. The molecule has 0 radical (unpaired) electrons. The van der Waals surface area contributed by atoms with E-state index in [0.717, 1.165) is 72.0 Å². The Morgan fingerprint density at radius 3 is 1.93 bits per heavy atom. The van der Waals surface area contributed by atoms with Crippen LogP contribution in [0.4, 0.5) is 0 Å². The second kappa shape index (κ2) is 13.0. The fourth-order valence-electron chi connectivity index (χ4n) is 4.65. The van der Waals surface area contributed by atoms with Crippen LogP contribution >= 0.6 is 24.8 Å². The molecule has 3 heterocycles. The summed E-state index contributed by atoms with van der Waals surface area (Å²) in [5.74, 6) is 1.80. The Morgan fingerprint density at radius 2 is 1.34 bits per heavy atom. The first kappa shape index (κ1) is 26.4. The van der Waals surface area contributed by atoms with Gasteiger partial charge in [0.2, 0.25) is 11.8 Å². The van der Waals surface area contributed by atoms with Crippen LogP contribution in [0.15, 0.2) is 0 Å². The van der Waals surface area contributed by atoms with Gasteiger partial charge in [-0.1, -0.05) is 13.8 Å². The van der Waals surface area contributed by atoms with Crippen LogP contribution in [0.3, 0.4) is 0 Å². The molecule has 2 amide bonds. The van der Waals surface area contributed by atoms with Crippen molar-refractivity contribution < 1.29 is 9.59 Å². The molecule has 29 heavy (non-hydrogen) atoms. The minimum Gasteiger partial charge on any atom is -0.341 e. The van der Waals surface area contributed by atoms with E-state index < -0.39 is 0 Å². The van der Waals surface area contributed by atoms with Crippen LogP contribution in [0.5, 0.6) is 0 Å². The molecule has 0 aromatic carbocycles. The lowest BCUT2D eigenvalue weighted by atomic mass is 9.92. The zero-order valence-corrected chi connectivity index (χ0v) is 19.6. The maximum Gasteiger partial charge on any atom is 0.236 e. The summed E-state index contributed by atoms with van der Waals surface area (Å²) in [4.78, 5) is 33.6. The molecule has 9 heteroatoms. The van der Waals surface area contributed by atoms with Gasteiger partial charge in [-0.3, -0.25) is 14.5 Å². The number of hydrogen-bond acceptors (Lipinski definition) is 5. The van der Waals surface area contributed by atoms with Crippen molar-refractivity contribution in [1.82, 2.24) is 24.9 Å². The summed E-state index contributed by atoms with van der Waals surface area (Å²) in [5.41, 5.74) is 0. The number of carbonyl (C=O) groups excluding carboxylic acids is 2. The largest absolute Gasteiger partial charge is 0.341 e. The molecule has 3 saturated heterocycles. The summed E-state index contributed by atoms with van der Waals surface area (Å²) >= 11 is 0. The molecule has 3 aliphatic rings. The molecular weight excluding hydrogens is 413 g/mol. The van der Waals surface area contributed by atoms with E-state index in [-0.39, 0.29) is 36.6 Å². The molecule has 0 aromatic rings. The fraction of sp³-hybridized carbons (Fsp3) is 0.900. The third-order valence-electron chi connectivity index (χ3n) is 6.16. The van der Waals surface area contributed by atoms with Crippen molar-refractivity contribution >= 4 is 36.6 Å². The van der Waals surface area contributed by atoms with E-state index in [2.05, 4.69) is 33.9 Å². The third-order valence-corrected chi connectivity index (χ3v) is 6.16. The summed E-state index contributed by atoms with van der Waals surface area (Å²) in [6.07, 6.45) is 1.84. The van der Waals surface area contributed by atoms with E-state index in [4.69, 9.17) is 0 Å². The highest BCUT2D eigenvalue weighted by Crippen LogP contribution is 2.21. The smallest absolute Gasteiger partial charge is 0.236 e. The quantitative estimate of drug-likeness (QED) is 0.668. The van der Waals surface area contributed by atoms with E-state index in [1.807, 2.05) is 4.90 Å². The van der Waals surface area contributed by atoms with Crippen molar-refractivity contribution in [1.29, 1.82) is 0 Å². The maximum absolute atomic E-state index is 12.6. The molecule has 3 aliphatic heterocycles. The van der Waals surface area contributed by atoms with Gasteiger partial charge in [0.1, 0.15) is 0 Å². The maximum atomic E-state index is 12.6. The van der Waals surface area contributed by atoms with Crippen LogP contribution in [-0.4, -0.2) is 110 Å². The standard InChI is InChI=1S/C20H37N5O2.2ClH/c1-17-13-18(2)15-25(14-17)20(27)16-23-11-9-22(10-12-23)6-3-19(26)24-7-4-21-5-8-24;;/h17-18,21H,3-16H2,1-2H3;2*1H. The van der Waals surface area contributed by atoms with Crippen molar-refractivity contribution in [3.8, 4) is 0 Å². The van der Waals surface area contributed by atoms with Gasteiger partial charge in [-0.15, -0.1) is 24.8 Å². The SMILES string of the molecule is CC1CC(C)CN(C(=O)CN2CCN(CCC(=O)N3CCNCC3)CC2)C1.Cl.Cl. The van der Waals surface area contributed by atoms with Gasteiger partial charge >= 0.3 is 0 Å². The van der Waals surface area contributed by atoms with E-state index in [9.17, 15) is 9.59 Å². The molecule has 3 rings (SSSR count). The summed E-state index contributed by atoms with van der Waals surface area (Å²) in [6.45, 7) is 15.0. The minimum absolute atomic E-state index is 0. The van der Waals surface area contributed by atoms with Gasteiger partial charge in [0.05, 0.1) is 6.54 Å². The normalized spacial score (nSPS) is 26.4. The number of piperidine rings is 1. The number of nitrogens with one attached hydrogen (secondary N) is 1. The van der Waals surface area contributed by atoms with E-state index >= 15 is 0 Å². The predicted octanol–water partition coefficient (Wildman–Crippen LogP) is 0.774. The minimum atomic E-state index is 0. The number of carbonyl (C=O) groups is 2. The highest BCUT2D eigenvalue weighted by molar-refractivity contribution is 5.85. The van der Waals surface area contributed by atoms with Crippen LogP contribution in [0.2, 0.25) is 0 Å². The molecule has 2 unspecified atom stereocenters. The number of piperazine rings is 2. The topological polar surface area (TPSA) is 59.1 Å². The molecule has 0 bridgehead atoms. The number of amides is 2. The highest BCUT2D eigenvalue weighted by atomic mass is 35.5. The van der Waals surface area contributed by atoms with Crippen molar-refractivity contribution in [3.63, 3.8) is 0 Å². The Bertz CT molecular complexity index is 501. The average Bonchev–Trinajstić information content (AvgIpc) is 2.67. The van der Waals surface area contributed by atoms with Gasteiger partial charge in [-0.2, -0.15) is 0 Å². The van der Waals surface area contributed by atoms with Crippen LogP contribution < -0.4 is 5.32 Å². The van der Waals surface area contributed by atoms with Crippen molar-refractivity contribution in [3.05, 3.63) is 0 Å². The Balaban J connectivity index is 0.00000210. The van der Waals surface area contributed by atoms with Gasteiger partial charge < -0.3 is 20.0 Å². The average molecular weight is 452 g/mol. The molecule has 0 spiro atoms. The van der Waals surface area contributed by atoms with Crippen LogP contribution in [-0.2, 0) is 9.59 Å². The third kappa shape index (κ3) is 8.21. The lowest BCUT2D eigenvalue weighted by Crippen LogP contribution is -2.52. The predicted molar refractivity (Wildman–Crippen MR) is 121 cm³/mol. The van der Waals surface area contributed by atoms with Crippen molar-refractivity contribution in [2.24, 2.45) is 11.8 Å². The summed E-state index contributed by atoms with van der Waals surface area (Å²) in [7, 11) is 0. The second-order valence-corrected chi connectivity index (χ2v) is 8.74. The molecule has 0 aliphatic carbocycles. The van der Waals surface area contributed by atoms with E-state index in [1.165, 1.54) is 6.42 Å². The first-order chi connectivity index (χ1) is 13.0. The molecule has 170 valence electrons. The molecule has 3 fully saturated rings. The molecule has 0 saturated carbocycles. The van der Waals surface area contributed by atoms with Gasteiger partial charge in [-0.25, -0.2) is 0 Å². The molecule has 1 N–H and O–H groups in total. The number of rotatable bonds is 5. The van der Waals surface area contributed by atoms with Crippen LogP contribution in [0.1, 0.15) is 26.7 Å².